The van der Waals surface area contributed by atoms with Crippen LogP contribution in [0.5, 0.6) is 0 Å². The topological polar surface area (TPSA) is 80.9 Å². The molecule has 0 atom stereocenters. The number of amides is 1. The zero-order valence-electron chi connectivity index (χ0n) is 13.9. The van der Waals surface area contributed by atoms with Gasteiger partial charge >= 0.3 is 0 Å². The Morgan fingerprint density at radius 2 is 2.04 bits per heavy atom. The van der Waals surface area contributed by atoms with Crippen LogP contribution >= 0.6 is 0 Å². The van der Waals surface area contributed by atoms with Crippen molar-refractivity contribution in [2.24, 2.45) is 14.1 Å². The van der Waals surface area contributed by atoms with E-state index in [1.54, 1.807) is 17.1 Å². The number of carbonyl (C=O) groups excluding carboxylic acids is 1. The lowest BCUT2D eigenvalue weighted by Crippen LogP contribution is -2.44. The summed E-state index contributed by atoms with van der Waals surface area (Å²) >= 11 is 0. The van der Waals surface area contributed by atoms with E-state index >= 15 is 0 Å². The van der Waals surface area contributed by atoms with Gasteiger partial charge in [-0.2, -0.15) is 5.10 Å². The minimum atomic E-state index is -0.0412. The van der Waals surface area contributed by atoms with Gasteiger partial charge in [0.1, 0.15) is 11.6 Å². The fourth-order valence-electron chi connectivity index (χ4n) is 2.83. The van der Waals surface area contributed by atoms with E-state index in [0.29, 0.717) is 5.56 Å². The molecule has 1 N–H and O–H groups in total. The van der Waals surface area contributed by atoms with Gasteiger partial charge < -0.3 is 9.88 Å². The maximum Gasteiger partial charge on any atom is 0.254 e. The second-order valence-electron chi connectivity index (χ2n) is 6.15. The first-order valence-electron chi connectivity index (χ1n) is 7.89. The third-order valence-corrected chi connectivity index (χ3v) is 4.44. The smallest absolute Gasteiger partial charge is 0.254 e. The summed E-state index contributed by atoms with van der Waals surface area (Å²) in [7, 11) is 3.80. The molecule has 1 aliphatic heterocycles. The zero-order chi connectivity index (χ0) is 16.4. The lowest BCUT2D eigenvalue weighted by atomic mass is 10.0. The van der Waals surface area contributed by atoms with E-state index in [9.17, 15) is 4.79 Å². The molecular weight excluding hydrogens is 294 g/mol. The Bertz CT molecular complexity index is 682. The molecule has 0 aromatic carbocycles. The van der Waals surface area contributed by atoms with Crippen LogP contribution in [-0.2, 0) is 20.6 Å². The average Bonchev–Trinajstić information content (AvgIpc) is 3.10. The molecule has 8 heteroatoms. The number of nitrogens with zero attached hydrogens (tertiary/aromatic N) is 6. The predicted octanol–water partition coefficient (Wildman–Crippen LogP) is 0.251. The molecule has 23 heavy (non-hydrogen) atoms. The first-order valence-corrected chi connectivity index (χ1v) is 7.89. The van der Waals surface area contributed by atoms with Crippen molar-refractivity contribution in [3.63, 3.8) is 0 Å². The van der Waals surface area contributed by atoms with Gasteiger partial charge in [0, 0.05) is 39.4 Å². The summed E-state index contributed by atoms with van der Waals surface area (Å²) in [5.41, 5.74) is 0.615. The summed E-state index contributed by atoms with van der Waals surface area (Å²) in [5.74, 6) is 1.87. The zero-order valence-corrected chi connectivity index (χ0v) is 13.9. The van der Waals surface area contributed by atoms with E-state index in [4.69, 9.17) is 0 Å². The first-order chi connectivity index (χ1) is 11.0. The molecule has 0 unspecified atom stereocenters. The quantitative estimate of drug-likeness (QED) is 0.874. The third-order valence-electron chi connectivity index (χ3n) is 4.44. The fraction of sp³-hybridized carbons (Fsp3) is 0.600. The van der Waals surface area contributed by atoms with Crippen molar-refractivity contribution in [1.82, 2.24) is 34.8 Å². The van der Waals surface area contributed by atoms with Gasteiger partial charge in [0.2, 0.25) is 0 Å². The van der Waals surface area contributed by atoms with E-state index in [0.717, 1.165) is 44.1 Å². The van der Waals surface area contributed by atoms with Crippen LogP contribution in [0.25, 0.3) is 0 Å². The number of carbonyl (C=O) groups is 1. The van der Waals surface area contributed by atoms with E-state index in [2.05, 4.69) is 25.5 Å². The third kappa shape index (κ3) is 3.58. The Morgan fingerprint density at radius 3 is 2.61 bits per heavy atom. The minimum absolute atomic E-state index is 0.0412. The van der Waals surface area contributed by atoms with Crippen LogP contribution in [-0.4, -0.2) is 54.5 Å². The molecule has 1 amide bonds. The Balaban J connectivity index is 1.48. The van der Waals surface area contributed by atoms with E-state index in [1.807, 2.05) is 25.6 Å². The first kappa shape index (κ1) is 15.7. The molecule has 2 aromatic heterocycles. The van der Waals surface area contributed by atoms with Crippen LogP contribution in [0.1, 0.15) is 34.8 Å². The van der Waals surface area contributed by atoms with Crippen LogP contribution in [0.15, 0.2) is 12.4 Å². The summed E-state index contributed by atoms with van der Waals surface area (Å²) in [5, 5.41) is 15.4. The molecule has 1 fully saturated rings. The Hall–Kier alpha value is -2.22. The van der Waals surface area contributed by atoms with E-state index in [-0.39, 0.29) is 11.9 Å². The summed E-state index contributed by atoms with van der Waals surface area (Å²) in [6.07, 6.45) is 5.23. The second-order valence-corrected chi connectivity index (χ2v) is 6.15. The molecule has 0 aliphatic carbocycles. The van der Waals surface area contributed by atoms with Gasteiger partial charge in [0.15, 0.2) is 0 Å². The SMILES string of the molecule is Cc1nnc(CN2CCC(NC(=O)c3cnn(C)c3)CC2)n1C. The van der Waals surface area contributed by atoms with Crippen LogP contribution in [0.4, 0.5) is 0 Å². The summed E-state index contributed by atoms with van der Waals surface area (Å²) in [6.45, 7) is 4.66. The molecule has 3 heterocycles. The molecule has 3 rings (SSSR count). The minimum Gasteiger partial charge on any atom is -0.349 e. The van der Waals surface area contributed by atoms with Crippen molar-refractivity contribution >= 4 is 5.91 Å². The molecule has 0 bridgehead atoms. The van der Waals surface area contributed by atoms with Crippen LogP contribution in [0.2, 0.25) is 0 Å². The number of hydrogen-bond donors (Lipinski definition) is 1. The lowest BCUT2D eigenvalue weighted by Gasteiger charge is -2.31. The highest BCUT2D eigenvalue weighted by Crippen LogP contribution is 2.14. The molecule has 124 valence electrons. The standard InChI is InChI=1S/C15H23N7O/c1-11-18-19-14(21(11)3)10-22-6-4-13(5-7-22)17-15(23)12-8-16-20(2)9-12/h8-9,13H,4-7,10H2,1-3H3,(H,17,23). The van der Waals surface area contributed by atoms with Gasteiger partial charge in [-0.1, -0.05) is 0 Å². The van der Waals surface area contributed by atoms with Crippen LogP contribution in [0, 0.1) is 6.92 Å². The monoisotopic (exact) mass is 317 g/mol. The summed E-state index contributed by atoms with van der Waals surface area (Å²) in [4.78, 5) is 14.5. The highest BCUT2D eigenvalue weighted by molar-refractivity contribution is 5.93. The van der Waals surface area contributed by atoms with Crippen molar-refractivity contribution in [3.8, 4) is 0 Å². The molecular formula is C15H23N7O. The van der Waals surface area contributed by atoms with E-state index < -0.39 is 0 Å². The number of nitrogens with one attached hydrogen (secondary N) is 1. The molecule has 2 aromatic rings. The van der Waals surface area contributed by atoms with E-state index in [1.165, 1.54) is 0 Å². The van der Waals surface area contributed by atoms with Gasteiger partial charge in [0.05, 0.1) is 18.3 Å². The highest BCUT2D eigenvalue weighted by Gasteiger charge is 2.22. The summed E-state index contributed by atoms with van der Waals surface area (Å²) in [6, 6.07) is 0.222. The van der Waals surface area contributed by atoms with Crippen molar-refractivity contribution < 1.29 is 4.79 Å². The molecule has 8 nitrogen and oxygen atoms in total. The Labute approximate surface area is 135 Å². The van der Waals surface area contributed by atoms with Gasteiger partial charge in [-0.25, -0.2) is 0 Å². The number of piperidine rings is 1. The number of aromatic nitrogens is 5. The maximum atomic E-state index is 12.1. The van der Waals surface area contributed by atoms with Crippen molar-refractivity contribution in [2.75, 3.05) is 13.1 Å². The highest BCUT2D eigenvalue weighted by atomic mass is 16.1. The average molecular weight is 317 g/mol. The van der Waals surface area contributed by atoms with Gasteiger partial charge in [-0.3, -0.25) is 14.4 Å². The van der Waals surface area contributed by atoms with Crippen molar-refractivity contribution in [1.29, 1.82) is 0 Å². The molecule has 1 aliphatic rings. The van der Waals surface area contributed by atoms with Crippen LogP contribution in [0.3, 0.4) is 0 Å². The summed E-state index contributed by atoms with van der Waals surface area (Å²) < 4.78 is 3.66. The molecule has 0 radical (unpaired) electrons. The molecule has 0 saturated carbocycles. The van der Waals surface area contributed by atoms with Crippen molar-refractivity contribution in [3.05, 3.63) is 29.6 Å². The van der Waals surface area contributed by atoms with Crippen LogP contribution < -0.4 is 5.32 Å². The molecule has 1 saturated heterocycles. The number of aryl methyl sites for hydroxylation is 2. The molecule has 0 spiro atoms. The Kier molecular flexibility index (Phi) is 4.42. The maximum absolute atomic E-state index is 12.1. The number of rotatable bonds is 4. The van der Waals surface area contributed by atoms with Gasteiger partial charge in [-0.15, -0.1) is 10.2 Å². The predicted molar refractivity (Wildman–Crippen MR) is 84.7 cm³/mol. The van der Waals surface area contributed by atoms with Gasteiger partial charge in [0.25, 0.3) is 5.91 Å². The van der Waals surface area contributed by atoms with Gasteiger partial charge in [-0.05, 0) is 19.8 Å². The number of hydrogen-bond acceptors (Lipinski definition) is 5. The largest absolute Gasteiger partial charge is 0.349 e. The second kappa shape index (κ2) is 6.49. The fourth-order valence-corrected chi connectivity index (χ4v) is 2.83. The lowest BCUT2D eigenvalue weighted by molar-refractivity contribution is 0.0907. The van der Waals surface area contributed by atoms with Crippen molar-refractivity contribution in [2.45, 2.75) is 32.4 Å². The Morgan fingerprint density at radius 1 is 1.30 bits per heavy atom. The normalized spacial score (nSPS) is 16.7. The number of likely N-dealkylation sites (tertiary alicyclic amines) is 1.